The van der Waals surface area contributed by atoms with E-state index in [0.717, 1.165) is 25.1 Å². The van der Waals surface area contributed by atoms with Gasteiger partial charge in [0.1, 0.15) is 5.75 Å². The fourth-order valence-corrected chi connectivity index (χ4v) is 2.99. The maximum atomic E-state index is 12.4. The highest BCUT2D eigenvalue weighted by Gasteiger charge is 2.19. The van der Waals surface area contributed by atoms with Crippen LogP contribution in [-0.2, 0) is 11.2 Å². The van der Waals surface area contributed by atoms with Crippen LogP contribution in [0.4, 0.5) is 11.4 Å². The number of amides is 1. The monoisotopic (exact) mass is 310 g/mol. The van der Waals surface area contributed by atoms with Crippen molar-refractivity contribution in [2.75, 3.05) is 29.9 Å². The zero-order valence-corrected chi connectivity index (χ0v) is 13.4. The molecule has 23 heavy (non-hydrogen) atoms. The Morgan fingerprint density at radius 1 is 1.17 bits per heavy atom. The summed E-state index contributed by atoms with van der Waals surface area (Å²) in [7, 11) is 0. The van der Waals surface area contributed by atoms with Crippen LogP contribution >= 0.6 is 0 Å². The maximum Gasteiger partial charge on any atom is 0.243 e. The zero-order valence-electron chi connectivity index (χ0n) is 13.4. The molecular weight excluding hydrogens is 288 g/mol. The van der Waals surface area contributed by atoms with Crippen LogP contribution in [0.2, 0.25) is 0 Å². The summed E-state index contributed by atoms with van der Waals surface area (Å²) in [4.78, 5) is 14.6. The summed E-state index contributed by atoms with van der Waals surface area (Å²) in [5.41, 5.74) is 3.22. The molecule has 0 saturated carbocycles. The third-order valence-electron chi connectivity index (χ3n) is 4.00. The Labute approximate surface area is 137 Å². The van der Waals surface area contributed by atoms with Crippen molar-refractivity contribution in [1.29, 1.82) is 0 Å². The Morgan fingerprint density at radius 2 is 1.96 bits per heavy atom. The van der Waals surface area contributed by atoms with Crippen LogP contribution in [0.5, 0.6) is 5.75 Å². The lowest BCUT2D eigenvalue weighted by molar-refractivity contribution is -0.115. The second-order valence-corrected chi connectivity index (χ2v) is 5.63. The van der Waals surface area contributed by atoms with E-state index in [0.29, 0.717) is 18.9 Å². The second kappa shape index (κ2) is 7.18. The van der Waals surface area contributed by atoms with E-state index in [9.17, 15) is 4.79 Å². The molecule has 0 unspecified atom stereocenters. The number of nitrogens with one attached hydrogen (secondary N) is 1. The highest BCUT2D eigenvalue weighted by molar-refractivity contribution is 5.95. The first-order chi connectivity index (χ1) is 11.3. The van der Waals surface area contributed by atoms with Crippen molar-refractivity contribution in [3.8, 4) is 5.75 Å². The third-order valence-corrected chi connectivity index (χ3v) is 4.00. The van der Waals surface area contributed by atoms with Crippen LogP contribution in [0, 0.1) is 0 Å². The van der Waals surface area contributed by atoms with Crippen LogP contribution < -0.4 is 15.0 Å². The summed E-state index contributed by atoms with van der Waals surface area (Å²) >= 11 is 0. The summed E-state index contributed by atoms with van der Waals surface area (Å²) in [5.74, 6) is 0.691. The zero-order chi connectivity index (χ0) is 16.1. The number of anilines is 2. The summed E-state index contributed by atoms with van der Waals surface area (Å²) in [6.45, 7) is 3.78. The minimum atomic E-state index is -0.0196. The van der Waals surface area contributed by atoms with Crippen LogP contribution in [0.15, 0.2) is 48.5 Å². The van der Waals surface area contributed by atoms with E-state index in [1.54, 1.807) is 0 Å². The number of para-hydroxylation sites is 3. The van der Waals surface area contributed by atoms with Crippen molar-refractivity contribution >= 4 is 17.3 Å². The van der Waals surface area contributed by atoms with Gasteiger partial charge in [0.15, 0.2) is 0 Å². The van der Waals surface area contributed by atoms with Gasteiger partial charge < -0.3 is 15.0 Å². The molecule has 1 aliphatic heterocycles. The molecule has 1 amide bonds. The quantitative estimate of drug-likeness (QED) is 0.919. The standard InChI is InChI=1S/C19H22N2O2/c1-2-23-18-12-6-4-10-16(18)20-19(22)14-21-13-7-9-15-8-3-5-11-17(15)21/h3-6,8,10-12H,2,7,9,13-14H2,1H3,(H,20,22). The van der Waals surface area contributed by atoms with Gasteiger partial charge in [-0.2, -0.15) is 0 Å². The summed E-state index contributed by atoms with van der Waals surface area (Å²) < 4.78 is 5.56. The van der Waals surface area contributed by atoms with E-state index < -0.39 is 0 Å². The van der Waals surface area contributed by atoms with E-state index in [-0.39, 0.29) is 5.91 Å². The van der Waals surface area contributed by atoms with E-state index in [1.165, 1.54) is 11.3 Å². The molecule has 2 aromatic carbocycles. The highest BCUT2D eigenvalue weighted by atomic mass is 16.5. The smallest absolute Gasteiger partial charge is 0.243 e. The molecule has 1 N–H and O–H groups in total. The minimum absolute atomic E-state index is 0.0196. The molecule has 120 valence electrons. The third kappa shape index (κ3) is 3.65. The molecule has 4 heteroatoms. The van der Waals surface area contributed by atoms with Gasteiger partial charge in [-0.1, -0.05) is 30.3 Å². The molecule has 0 spiro atoms. The molecule has 1 heterocycles. The number of carbonyl (C=O) groups excluding carboxylic acids is 1. The SMILES string of the molecule is CCOc1ccccc1NC(=O)CN1CCCc2ccccc21. The van der Waals surface area contributed by atoms with Gasteiger partial charge in [-0.25, -0.2) is 0 Å². The second-order valence-electron chi connectivity index (χ2n) is 5.63. The minimum Gasteiger partial charge on any atom is -0.492 e. The Kier molecular flexibility index (Phi) is 4.81. The van der Waals surface area contributed by atoms with Gasteiger partial charge >= 0.3 is 0 Å². The molecule has 0 bridgehead atoms. The average Bonchev–Trinajstić information content (AvgIpc) is 2.57. The van der Waals surface area contributed by atoms with Gasteiger partial charge in [0, 0.05) is 12.2 Å². The van der Waals surface area contributed by atoms with E-state index in [4.69, 9.17) is 4.74 Å². The van der Waals surface area contributed by atoms with E-state index in [1.807, 2.05) is 37.3 Å². The van der Waals surface area contributed by atoms with Gasteiger partial charge in [-0.15, -0.1) is 0 Å². The normalized spacial score (nSPS) is 13.3. The molecule has 0 aromatic heterocycles. The maximum absolute atomic E-state index is 12.4. The molecule has 0 radical (unpaired) electrons. The van der Waals surface area contributed by atoms with Crippen molar-refractivity contribution < 1.29 is 9.53 Å². The predicted molar refractivity (Wildman–Crippen MR) is 93.2 cm³/mol. The van der Waals surface area contributed by atoms with Gasteiger partial charge in [0.25, 0.3) is 0 Å². The lowest BCUT2D eigenvalue weighted by atomic mass is 10.0. The number of aryl methyl sites for hydroxylation is 1. The molecule has 0 aliphatic carbocycles. The number of hydrogen-bond donors (Lipinski definition) is 1. The van der Waals surface area contributed by atoms with Gasteiger partial charge in [-0.05, 0) is 43.5 Å². The molecule has 1 aliphatic rings. The first kappa shape index (κ1) is 15.4. The Balaban J connectivity index is 1.69. The lowest BCUT2D eigenvalue weighted by Gasteiger charge is -2.30. The number of ether oxygens (including phenoxy) is 1. The van der Waals surface area contributed by atoms with Crippen molar-refractivity contribution in [3.05, 3.63) is 54.1 Å². The molecule has 4 nitrogen and oxygen atoms in total. The fourth-order valence-electron chi connectivity index (χ4n) is 2.99. The lowest BCUT2D eigenvalue weighted by Crippen LogP contribution is -2.36. The van der Waals surface area contributed by atoms with Crippen molar-refractivity contribution in [3.63, 3.8) is 0 Å². The number of hydrogen-bond acceptors (Lipinski definition) is 3. The topological polar surface area (TPSA) is 41.6 Å². The highest BCUT2D eigenvalue weighted by Crippen LogP contribution is 2.27. The number of nitrogens with zero attached hydrogens (tertiary/aromatic N) is 1. The van der Waals surface area contributed by atoms with Crippen LogP contribution in [0.25, 0.3) is 0 Å². The largest absolute Gasteiger partial charge is 0.492 e. The summed E-state index contributed by atoms with van der Waals surface area (Å²) in [6.07, 6.45) is 2.17. The molecule has 3 rings (SSSR count). The van der Waals surface area contributed by atoms with Gasteiger partial charge in [0.2, 0.25) is 5.91 Å². The van der Waals surface area contributed by atoms with Gasteiger partial charge in [0.05, 0.1) is 18.8 Å². The predicted octanol–water partition coefficient (Wildman–Crippen LogP) is 3.48. The first-order valence-corrected chi connectivity index (χ1v) is 8.12. The number of carbonyl (C=O) groups is 1. The molecule has 0 atom stereocenters. The van der Waals surface area contributed by atoms with E-state index in [2.05, 4.69) is 28.4 Å². The summed E-state index contributed by atoms with van der Waals surface area (Å²) in [6, 6.07) is 15.9. The van der Waals surface area contributed by atoms with Crippen molar-refractivity contribution in [1.82, 2.24) is 0 Å². The average molecular weight is 310 g/mol. The van der Waals surface area contributed by atoms with Crippen molar-refractivity contribution in [2.45, 2.75) is 19.8 Å². The number of rotatable bonds is 5. The van der Waals surface area contributed by atoms with Crippen LogP contribution in [0.1, 0.15) is 18.9 Å². The van der Waals surface area contributed by atoms with Gasteiger partial charge in [-0.3, -0.25) is 4.79 Å². The van der Waals surface area contributed by atoms with Crippen molar-refractivity contribution in [2.24, 2.45) is 0 Å². The molecule has 2 aromatic rings. The Hall–Kier alpha value is -2.49. The number of fused-ring (bicyclic) bond motifs is 1. The summed E-state index contributed by atoms with van der Waals surface area (Å²) in [5, 5.41) is 2.97. The fraction of sp³-hybridized carbons (Fsp3) is 0.316. The Morgan fingerprint density at radius 3 is 2.83 bits per heavy atom. The van der Waals surface area contributed by atoms with Crippen LogP contribution in [0.3, 0.4) is 0 Å². The molecule has 0 fully saturated rings. The number of benzene rings is 2. The Bertz CT molecular complexity index is 685. The van der Waals surface area contributed by atoms with E-state index >= 15 is 0 Å². The first-order valence-electron chi connectivity index (χ1n) is 8.12. The molecule has 0 saturated heterocycles. The molecular formula is C19H22N2O2. The van der Waals surface area contributed by atoms with Crippen LogP contribution in [-0.4, -0.2) is 25.6 Å².